The number of allylic oxidation sites excluding steroid dienone is 3. The number of amides is 1. The molecule has 0 aromatic heterocycles. The Hall–Kier alpha value is -2.31. The summed E-state index contributed by atoms with van der Waals surface area (Å²) in [6, 6.07) is 5.23. The van der Waals surface area contributed by atoms with Crippen molar-refractivity contribution < 1.29 is 22.7 Å². The standard InChI is InChI=1S/C26H30Cl2N2O5S/c1-4-10-17(27)15-18(28)16-23-24(26(32)35-5-2)19-11-6-7-12-20(19)25(31)30(23)22-14-9-8-13-21(22)29-36(3,33)34/h1,6-7,10-12,15,21-24,29H,5,8-9,13-14,16H2,2-3H3/b17-10+,18-15+/t21-,22-,23+,24-/m1/s1. The predicted molar refractivity (Wildman–Crippen MR) is 141 cm³/mol. The third kappa shape index (κ3) is 6.71. The number of nitrogens with zero attached hydrogens (tertiary/aromatic N) is 1. The number of carbonyl (C=O) groups excluding carboxylic acids is 2. The van der Waals surface area contributed by atoms with Crippen LogP contribution in [0.4, 0.5) is 0 Å². The van der Waals surface area contributed by atoms with Gasteiger partial charge in [0.15, 0.2) is 0 Å². The van der Waals surface area contributed by atoms with Crippen LogP contribution in [0.2, 0.25) is 0 Å². The van der Waals surface area contributed by atoms with Gasteiger partial charge in [-0.3, -0.25) is 9.59 Å². The zero-order valence-electron chi connectivity index (χ0n) is 20.2. The summed E-state index contributed by atoms with van der Waals surface area (Å²) in [6.07, 6.45) is 12.1. The zero-order chi connectivity index (χ0) is 26.5. The molecule has 7 nitrogen and oxygen atoms in total. The highest BCUT2D eigenvalue weighted by Crippen LogP contribution is 2.41. The second kappa shape index (κ2) is 12.3. The van der Waals surface area contributed by atoms with Crippen LogP contribution < -0.4 is 4.72 Å². The van der Waals surface area contributed by atoms with Crippen LogP contribution in [-0.4, -0.2) is 56.2 Å². The average Bonchev–Trinajstić information content (AvgIpc) is 2.79. The molecule has 0 saturated heterocycles. The van der Waals surface area contributed by atoms with E-state index in [1.54, 1.807) is 36.1 Å². The van der Waals surface area contributed by atoms with Gasteiger partial charge in [0.2, 0.25) is 10.0 Å². The van der Waals surface area contributed by atoms with E-state index in [-0.39, 0.29) is 24.0 Å². The maximum atomic E-state index is 13.9. The number of esters is 1. The Labute approximate surface area is 222 Å². The van der Waals surface area contributed by atoms with Crippen molar-refractivity contribution in [3.05, 3.63) is 57.6 Å². The average molecular weight is 554 g/mol. The molecule has 1 aromatic rings. The number of nitrogens with one attached hydrogen (secondary N) is 1. The number of hydrogen-bond donors (Lipinski definition) is 1. The van der Waals surface area contributed by atoms with Gasteiger partial charge >= 0.3 is 5.97 Å². The van der Waals surface area contributed by atoms with Gasteiger partial charge in [-0.05, 0) is 37.5 Å². The van der Waals surface area contributed by atoms with Gasteiger partial charge in [0.05, 0.1) is 23.9 Å². The smallest absolute Gasteiger partial charge is 0.315 e. The molecule has 0 radical (unpaired) electrons. The summed E-state index contributed by atoms with van der Waals surface area (Å²) in [6.45, 7) is 1.88. The van der Waals surface area contributed by atoms with Crippen LogP contribution in [0.5, 0.6) is 0 Å². The molecule has 194 valence electrons. The van der Waals surface area contributed by atoms with Gasteiger partial charge in [0.25, 0.3) is 5.91 Å². The van der Waals surface area contributed by atoms with E-state index in [1.807, 2.05) is 0 Å². The van der Waals surface area contributed by atoms with E-state index in [1.165, 1.54) is 12.2 Å². The summed E-state index contributed by atoms with van der Waals surface area (Å²) >= 11 is 12.7. The van der Waals surface area contributed by atoms with Crippen molar-refractivity contribution in [1.82, 2.24) is 9.62 Å². The van der Waals surface area contributed by atoms with Gasteiger partial charge in [-0.25, -0.2) is 13.1 Å². The third-order valence-electron chi connectivity index (χ3n) is 6.42. The zero-order valence-corrected chi connectivity index (χ0v) is 22.6. The number of halogens is 2. The fraction of sp³-hybridized carbons (Fsp3) is 0.462. The predicted octanol–water partition coefficient (Wildman–Crippen LogP) is 4.29. The molecule has 36 heavy (non-hydrogen) atoms. The Morgan fingerprint density at radius 1 is 1.28 bits per heavy atom. The largest absolute Gasteiger partial charge is 0.465 e. The van der Waals surface area contributed by atoms with Crippen LogP contribution in [0.3, 0.4) is 0 Å². The first-order valence-electron chi connectivity index (χ1n) is 11.8. The first kappa shape index (κ1) is 28.3. The van der Waals surface area contributed by atoms with Crippen LogP contribution in [0, 0.1) is 12.3 Å². The molecular weight excluding hydrogens is 523 g/mol. The summed E-state index contributed by atoms with van der Waals surface area (Å²) in [5, 5.41) is 0.532. The van der Waals surface area contributed by atoms with Crippen LogP contribution in [0.25, 0.3) is 0 Å². The van der Waals surface area contributed by atoms with E-state index in [2.05, 4.69) is 10.6 Å². The lowest BCUT2D eigenvalue weighted by molar-refractivity contribution is -0.147. The Morgan fingerprint density at radius 2 is 1.97 bits per heavy atom. The molecule has 0 unspecified atom stereocenters. The number of ether oxygens (including phenoxy) is 1. The fourth-order valence-corrected chi connectivity index (χ4v) is 6.49. The molecule has 0 spiro atoms. The van der Waals surface area contributed by atoms with Gasteiger partial charge in [-0.2, -0.15) is 0 Å². The first-order valence-corrected chi connectivity index (χ1v) is 14.5. The van der Waals surface area contributed by atoms with Crippen LogP contribution in [0.1, 0.15) is 60.9 Å². The molecule has 1 aliphatic carbocycles. The lowest BCUT2D eigenvalue weighted by atomic mass is 9.78. The molecule has 10 heteroatoms. The molecule has 0 bridgehead atoms. The van der Waals surface area contributed by atoms with Crippen LogP contribution in [0.15, 0.2) is 46.5 Å². The number of fused-ring (bicyclic) bond motifs is 1. The van der Waals surface area contributed by atoms with Crippen molar-refractivity contribution in [2.75, 3.05) is 12.9 Å². The molecule has 1 N–H and O–H groups in total. The number of carbonyl (C=O) groups is 2. The van der Waals surface area contributed by atoms with Gasteiger partial charge in [0, 0.05) is 35.2 Å². The van der Waals surface area contributed by atoms with E-state index < -0.39 is 40.0 Å². The van der Waals surface area contributed by atoms with Crippen molar-refractivity contribution in [3.8, 4) is 12.3 Å². The number of hydrogen-bond acceptors (Lipinski definition) is 5. The second-order valence-electron chi connectivity index (χ2n) is 8.94. The Bertz CT molecular complexity index is 1200. The van der Waals surface area contributed by atoms with E-state index in [0.29, 0.717) is 29.0 Å². The topological polar surface area (TPSA) is 92.8 Å². The van der Waals surface area contributed by atoms with Crippen molar-refractivity contribution in [1.29, 1.82) is 0 Å². The molecule has 2 aliphatic rings. The van der Waals surface area contributed by atoms with E-state index in [4.69, 9.17) is 34.4 Å². The molecule has 3 rings (SSSR count). The lowest BCUT2D eigenvalue weighted by Gasteiger charge is -2.48. The minimum Gasteiger partial charge on any atom is -0.465 e. The molecule has 1 amide bonds. The van der Waals surface area contributed by atoms with Crippen LogP contribution in [-0.2, 0) is 19.6 Å². The van der Waals surface area contributed by atoms with Crippen molar-refractivity contribution in [2.24, 2.45) is 0 Å². The highest BCUT2D eigenvalue weighted by Gasteiger charge is 2.48. The summed E-state index contributed by atoms with van der Waals surface area (Å²) in [5.41, 5.74) is 0.946. The molecule has 1 aliphatic heterocycles. The molecule has 1 heterocycles. The van der Waals surface area contributed by atoms with Gasteiger partial charge in [-0.1, -0.05) is 60.2 Å². The monoisotopic (exact) mass is 552 g/mol. The molecule has 4 atom stereocenters. The summed E-state index contributed by atoms with van der Waals surface area (Å²) in [4.78, 5) is 28.9. The molecule has 1 saturated carbocycles. The Morgan fingerprint density at radius 3 is 2.64 bits per heavy atom. The number of terminal acetylenes is 1. The lowest BCUT2D eigenvalue weighted by Crippen LogP contribution is -2.61. The summed E-state index contributed by atoms with van der Waals surface area (Å²) < 4.78 is 32.4. The minimum atomic E-state index is -3.54. The number of sulfonamides is 1. The van der Waals surface area contributed by atoms with E-state index in [9.17, 15) is 18.0 Å². The Kier molecular flexibility index (Phi) is 9.65. The number of benzene rings is 1. The Balaban J connectivity index is 2.16. The fourth-order valence-electron chi connectivity index (χ4n) is 5.14. The van der Waals surface area contributed by atoms with E-state index >= 15 is 0 Å². The second-order valence-corrected chi connectivity index (χ2v) is 11.6. The number of rotatable bonds is 8. The summed E-state index contributed by atoms with van der Waals surface area (Å²) in [5.74, 6) is 0.745. The molecule has 1 fully saturated rings. The first-order chi connectivity index (χ1) is 17.1. The van der Waals surface area contributed by atoms with Gasteiger partial charge in [-0.15, -0.1) is 6.42 Å². The maximum Gasteiger partial charge on any atom is 0.315 e. The minimum absolute atomic E-state index is 0.0990. The SMILES string of the molecule is C#C/C=C(Cl)\C=C(\Cl)C[C@H]1[C@H](C(=O)OCC)c2ccccc2C(=O)N1[C@@H]1CCCC[C@H]1NS(C)(=O)=O. The third-order valence-corrected chi connectivity index (χ3v) is 7.63. The maximum absolute atomic E-state index is 13.9. The van der Waals surface area contributed by atoms with Crippen molar-refractivity contribution in [2.45, 2.75) is 63.1 Å². The van der Waals surface area contributed by atoms with Crippen molar-refractivity contribution in [3.63, 3.8) is 0 Å². The van der Waals surface area contributed by atoms with Gasteiger partial charge < -0.3 is 9.64 Å². The highest BCUT2D eigenvalue weighted by molar-refractivity contribution is 7.88. The molecule has 1 aromatic carbocycles. The van der Waals surface area contributed by atoms with Crippen molar-refractivity contribution >= 4 is 45.1 Å². The highest BCUT2D eigenvalue weighted by atomic mass is 35.5. The molecular formula is C26H30Cl2N2O5S. The van der Waals surface area contributed by atoms with Crippen LogP contribution >= 0.6 is 23.2 Å². The van der Waals surface area contributed by atoms with Gasteiger partial charge in [0.1, 0.15) is 5.92 Å². The quantitative estimate of drug-likeness (QED) is 0.295. The normalized spacial score (nSPS) is 25.2. The summed E-state index contributed by atoms with van der Waals surface area (Å²) in [7, 11) is -3.54. The van der Waals surface area contributed by atoms with E-state index in [0.717, 1.165) is 19.1 Å².